The average Bonchev–Trinajstić information content (AvgIpc) is 2.91. The number of pyridine rings is 1. The van der Waals surface area contributed by atoms with E-state index in [1.807, 2.05) is 0 Å². The number of hydrogen-bond donors (Lipinski definition) is 2. The van der Waals surface area contributed by atoms with Crippen molar-refractivity contribution < 1.29 is 19.5 Å². The molecule has 0 saturated heterocycles. The first-order valence-electron chi connectivity index (χ1n) is 8.63. The van der Waals surface area contributed by atoms with Crippen molar-refractivity contribution in [3.8, 4) is 0 Å². The summed E-state index contributed by atoms with van der Waals surface area (Å²) in [7, 11) is 0. The van der Waals surface area contributed by atoms with Gasteiger partial charge in [0.25, 0.3) is 11.8 Å². The number of aliphatic hydroxyl groups is 1. The van der Waals surface area contributed by atoms with Crippen LogP contribution in [0.3, 0.4) is 0 Å². The van der Waals surface area contributed by atoms with Crippen LogP contribution in [0.15, 0.2) is 53.6 Å². The normalized spacial score (nSPS) is 14.0. The van der Waals surface area contributed by atoms with Gasteiger partial charge in [-0.05, 0) is 29.8 Å². The van der Waals surface area contributed by atoms with E-state index in [9.17, 15) is 14.4 Å². The van der Waals surface area contributed by atoms with Gasteiger partial charge < -0.3 is 10.4 Å². The molecule has 0 aliphatic carbocycles. The quantitative estimate of drug-likeness (QED) is 0.694. The first kappa shape index (κ1) is 19.8. The van der Waals surface area contributed by atoms with Crippen LogP contribution in [0.2, 0.25) is 0 Å². The third-order valence-electron chi connectivity index (χ3n) is 4.00. The SMILES string of the molecule is CC(=O)Nc1ccc(C2=C(SCCO)C(=O)N(Cc3ccccn3)C2=O)cc1. The van der Waals surface area contributed by atoms with Gasteiger partial charge >= 0.3 is 0 Å². The molecular formula is C20H19N3O4S. The number of nitrogens with one attached hydrogen (secondary N) is 1. The number of aromatic nitrogens is 1. The zero-order valence-corrected chi connectivity index (χ0v) is 16.0. The molecule has 0 saturated carbocycles. The summed E-state index contributed by atoms with van der Waals surface area (Å²) in [6, 6.07) is 12.0. The maximum Gasteiger partial charge on any atom is 0.268 e. The van der Waals surface area contributed by atoms with Crippen molar-refractivity contribution in [1.82, 2.24) is 9.88 Å². The summed E-state index contributed by atoms with van der Waals surface area (Å²) in [4.78, 5) is 42.7. The minimum absolute atomic E-state index is 0.0785. The largest absolute Gasteiger partial charge is 0.396 e. The van der Waals surface area contributed by atoms with Crippen LogP contribution >= 0.6 is 11.8 Å². The van der Waals surface area contributed by atoms with E-state index in [1.165, 1.54) is 11.8 Å². The Kier molecular flexibility index (Phi) is 6.23. The standard InChI is InChI=1S/C20H19N3O4S/c1-13(25)22-15-7-5-14(6-8-15)17-18(28-11-10-24)20(27)23(19(17)26)12-16-4-2-3-9-21-16/h2-9,24H,10-12H2,1H3,(H,22,25). The summed E-state index contributed by atoms with van der Waals surface area (Å²) in [6.45, 7) is 1.38. The molecule has 0 unspecified atom stereocenters. The van der Waals surface area contributed by atoms with Crippen molar-refractivity contribution in [2.45, 2.75) is 13.5 Å². The molecule has 1 aliphatic heterocycles. The summed E-state index contributed by atoms with van der Waals surface area (Å²) in [6.07, 6.45) is 1.61. The first-order chi connectivity index (χ1) is 13.5. The Morgan fingerprint density at radius 3 is 2.50 bits per heavy atom. The highest BCUT2D eigenvalue weighted by molar-refractivity contribution is 8.04. The number of carbonyl (C=O) groups is 3. The molecule has 2 heterocycles. The zero-order chi connectivity index (χ0) is 20.1. The molecule has 0 radical (unpaired) electrons. The van der Waals surface area contributed by atoms with Gasteiger partial charge in [0.15, 0.2) is 0 Å². The Morgan fingerprint density at radius 1 is 1.14 bits per heavy atom. The van der Waals surface area contributed by atoms with Gasteiger partial charge in [-0.1, -0.05) is 18.2 Å². The van der Waals surface area contributed by atoms with Crippen LogP contribution in [0.1, 0.15) is 18.2 Å². The second-order valence-corrected chi connectivity index (χ2v) is 7.16. The summed E-state index contributed by atoms with van der Waals surface area (Å²) < 4.78 is 0. The number of aliphatic hydroxyl groups excluding tert-OH is 1. The molecule has 1 aromatic heterocycles. The summed E-state index contributed by atoms with van der Waals surface area (Å²) in [5, 5.41) is 11.8. The van der Waals surface area contributed by atoms with Gasteiger partial charge in [-0.25, -0.2) is 0 Å². The minimum Gasteiger partial charge on any atom is -0.396 e. The fourth-order valence-electron chi connectivity index (χ4n) is 2.81. The lowest BCUT2D eigenvalue weighted by atomic mass is 10.1. The number of rotatable bonds is 7. The molecule has 0 fully saturated rings. The van der Waals surface area contributed by atoms with Gasteiger partial charge in [-0.3, -0.25) is 24.3 Å². The van der Waals surface area contributed by atoms with E-state index in [0.29, 0.717) is 33.2 Å². The lowest BCUT2D eigenvalue weighted by Gasteiger charge is -2.14. The van der Waals surface area contributed by atoms with E-state index in [0.717, 1.165) is 11.8 Å². The van der Waals surface area contributed by atoms with Crippen LogP contribution in [0.5, 0.6) is 0 Å². The molecule has 7 nitrogen and oxygen atoms in total. The Hall–Kier alpha value is -2.97. The number of benzene rings is 1. The highest BCUT2D eigenvalue weighted by Crippen LogP contribution is 2.36. The number of anilines is 1. The predicted molar refractivity (Wildman–Crippen MR) is 107 cm³/mol. The zero-order valence-electron chi connectivity index (χ0n) is 15.2. The van der Waals surface area contributed by atoms with Crippen LogP contribution in [-0.4, -0.2) is 45.1 Å². The Labute approximate surface area is 166 Å². The van der Waals surface area contributed by atoms with Crippen molar-refractivity contribution in [2.75, 3.05) is 17.7 Å². The van der Waals surface area contributed by atoms with Gasteiger partial charge in [0.1, 0.15) is 0 Å². The molecule has 2 aromatic rings. The van der Waals surface area contributed by atoms with Crippen LogP contribution in [-0.2, 0) is 20.9 Å². The van der Waals surface area contributed by atoms with Gasteiger partial charge in [-0.15, -0.1) is 11.8 Å². The second kappa shape index (κ2) is 8.81. The van der Waals surface area contributed by atoms with E-state index in [2.05, 4.69) is 10.3 Å². The molecule has 0 atom stereocenters. The van der Waals surface area contributed by atoms with Crippen molar-refractivity contribution in [3.05, 3.63) is 64.8 Å². The molecule has 0 spiro atoms. The van der Waals surface area contributed by atoms with E-state index < -0.39 is 11.8 Å². The highest BCUT2D eigenvalue weighted by atomic mass is 32.2. The van der Waals surface area contributed by atoms with Crippen LogP contribution < -0.4 is 5.32 Å². The maximum absolute atomic E-state index is 13.0. The number of hydrogen-bond acceptors (Lipinski definition) is 6. The van der Waals surface area contributed by atoms with E-state index in [4.69, 9.17) is 5.11 Å². The molecule has 1 aromatic carbocycles. The Morgan fingerprint density at radius 2 is 1.89 bits per heavy atom. The smallest absolute Gasteiger partial charge is 0.268 e. The van der Waals surface area contributed by atoms with Crippen molar-refractivity contribution >= 4 is 40.7 Å². The topological polar surface area (TPSA) is 99.6 Å². The molecule has 8 heteroatoms. The Balaban J connectivity index is 1.92. The molecule has 1 aliphatic rings. The molecule has 0 bridgehead atoms. The fraction of sp³-hybridized carbons (Fsp3) is 0.200. The molecule has 28 heavy (non-hydrogen) atoms. The average molecular weight is 397 g/mol. The summed E-state index contributed by atoms with van der Waals surface area (Å²) in [5.41, 5.74) is 2.09. The number of imide groups is 1. The molecular weight excluding hydrogens is 378 g/mol. The molecule has 3 amide bonds. The van der Waals surface area contributed by atoms with Crippen molar-refractivity contribution in [1.29, 1.82) is 0 Å². The minimum atomic E-state index is -0.400. The fourth-order valence-corrected chi connectivity index (χ4v) is 3.69. The number of amides is 3. The van der Waals surface area contributed by atoms with E-state index in [-0.39, 0.29) is 19.1 Å². The molecule has 3 rings (SSSR count). The maximum atomic E-state index is 13.0. The Bertz CT molecular complexity index is 926. The molecule has 144 valence electrons. The van der Waals surface area contributed by atoms with Crippen LogP contribution in [0.25, 0.3) is 5.57 Å². The van der Waals surface area contributed by atoms with Crippen LogP contribution in [0.4, 0.5) is 5.69 Å². The van der Waals surface area contributed by atoms with Gasteiger partial charge in [0.05, 0.1) is 29.3 Å². The number of thioether (sulfide) groups is 1. The summed E-state index contributed by atoms with van der Waals surface area (Å²) in [5.74, 6) is -0.683. The number of carbonyl (C=O) groups excluding carboxylic acids is 3. The monoisotopic (exact) mass is 397 g/mol. The second-order valence-electron chi connectivity index (χ2n) is 6.05. The first-order valence-corrected chi connectivity index (χ1v) is 9.62. The highest BCUT2D eigenvalue weighted by Gasteiger charge is 2.39. The third-order valence-corrected chi connectivity index (χ3v) is 5.06. The van der Waals surface area contributed by atoms with Gasteiger partial charge in [0.2, 0.25) is 5.91 Å². The molecule has 2 N–H and O–H groups in total. The van der Waals surface area contributed by atoms with Crippen LogP contribution in [0, 0.1) is 0 Å². The third kappa shape index (κ3) is 4.29. The predicted octanol–water partition coefficient (Wildman–Crippen LogP) is 2.05. The summed E-state index contributed by atoms with van der Waals surface area (Å²) >= 11 is 1.16. The van der Waals surface area contributed by atoms with Gasteiger partial charge in [0, 0.05) is 24.6 Å². The number of nitrogens with zero attached hydrogens (tertiary/aromatic N) is 2. The van der Waals surface area contributed by atoms with E-state index >= 15 is 0 Å². The van der Waals surface area contributed by atoms with Crippen molar-refractivity contribution in [3.63, 3.8) is 0 Å². The lowest BCUT2D eigenvalue weighted by Crippen LogP contribution is -2.31. The van der Waals surface area contributed by atoms with E-state index in [1.54, 1.807) is 48.7 Å². The van der Waals surface area contributed by atoms with Crippen molar-refractivity contribution in [2.24, 2.45) is 0 Å². The van der Waals surface area contributed by atoms with Gasteiger partial charge in [-0.2, -0.15) is 0 Å². The lowest BCUT2D eigenvalue weighted by molar-refractivity contribution is -0.137.